The molecule has 0 bridgehead atoms. The molecule has 200 valence electrons. The molecule has 2 fully saturated rings. The molecular formula is C27H31ClF3N3O3. The van der Waals surface area contributed by atoms with Crippen molar-refractivity contribution in [1.82, 2.24) is 10.6 Å². The van der Waals surface area contributed by atoms with Crippen LogP contribution in [0.4, 0.5) is 18.9 Å². The lowest BCUT2D eigenvalue weighted by Gasteiger charge is -2.41. The molecule has 0 spiro atoms. The molecule has 1 saturated carbocycles. The number of halogens is 4. The Labute approximate surface area is 219 Å². The SMILES string of the molecule is CNC(=O)c1ccc(N2CCC(CC3CC(NC(=O)C(O)(c4ccccc4)C(F)(F)F)C3)CC2)cc1Cl. The normalized spacial score (nSPS) is 22.1. The molecule has 10 heteroatoms. The van der Waals surface area contributed by atoms with Crippen molar-refractivity contribution >= 4 is 29.1 Å². The quantitative estimate of drug-likeness (QED) is 0.480. The van der Waals surface area contributed by atoms with Gasteiger partial charge < -0.3 is 20.6 Å². The molecule has 2 amide bonds. The summed E-state index contributed by atoms with van der Waals surface area (Å²) in [5, 5.41) is 15.8. The minimum Gasteiger partial charge on any atom is -0.371 e. The maximum Gasteiger partial charge on any atom is 0.430 e. The highest BCUT2D eigenvalue weighted by Gasteiger charge is 2.61. The second-order valence-electron chi connectivity index (χ2n) is 9.99. The molecule has 1 heterocycles. The predicted molar refractivity (Wildman–Crippen MR) is 135 cm³/mol. The minimum absolute atomic E-state index is 0.228. The molecule has 6 nitrogen and oxygen atoms in total. The van der Waals surface area contributed by atoms with Gasteiger partial charge in [0.25, 0.3) is 17.4 Å². The molecule has 1 aliphatic heterocycles. The Morgan fingerprint density at radius 2 is 1.70 bits per heavy atom. The lowest BCUT2D eigenvalue weighted by atomic mass is 9.73. The van der Waals surface area contributed by atoms with Crippen LogP contribution >= 0.6 is 11.6 Å². The molecule has 3 N–H and O–H groups in total. The van der Waals surface area contributed by atoms with Gasteiger partial charge in [-0.1, -0.05) is 41.9 Å². The van der Waals surface area contributed by atoms with Gasteiger partial charge in [0, 0.05) is 37.4 Å². The fraction of sp³-hybridized carbons (Fsp3) is 0.481. The van der Waals surface area contributed by atoms with Crippen molar-refractivity contribution in [1.29, 1.82) is 0 Å². The average Bonchev–Trinajstić information content (AvgIpc) is 2.86. The molecule has 0 aromatic heterocycles. The molecule has 2 aliphatic rings. The minimum atomic E-state index is -5.14. The van der Waals surface area contributed by atoms with Crippen molar-refractivity contribution in [3.63, 3.8) is 0 Å². The van der Waals surface area contributed by atoms with E-state index in [4.69, 9.17) is 11.6 Å². The van der Waals surface area contributed by atoms with Crippen molar-refractivity contribution in [2.75, 3.05) is 25.0 Å². The van der Waals surface area contributed by atoms with E-state index in [1.165, 1.54) is 18.2 Å². The molecule has 1 saturated heterocycles. The van der Waals surface area contributed by atoms with Gasteiger partial charge >= 0.3 is 6.18 Å². The zero-order valence-electron chi connectivity index (χ0n) is 20.5. The summed E-state index contributed by atoms with van der Waals surface area (Å²) in [4.78, 5) is 26.6. The number of anilines is 1. The molecule has 2 aromatic rings. The van der Waals surface area contributed by atoms with Crippen molar-refractivity contribution < 1.29 is 27.9 Å². The topological polar surface area (TPSA) is 81.7 Å². The van der Waals surface area contributed by atoms with Crippen LogP contribution < -0.4 is 15.5 Å². The lowest BCUT2D eigenvalue weighted by molar-refractivity contribution is -0.257. The van der Waals surface area contributed by atoms with Crippen molar-refractivity contribution in [3.8, 4) is 0 Å². The second kappa shape index (κ2) is 10.9. The molecule has 1 atom stereocenters. The number of alkyl halides is 3. The molecule has 0 radical (unpaired) electrons. The van der Waals surface area contributed by atoms with Crippen molar-refractivity contribution in [2.45, 2.75) is 49.9 Å². The summed E-state index contributed by atoms with van der Waals surface area (Å²) in [6.07, 6.45) is -1.02. The van der Waals surface area contributed by atoms with E-state index in [0.29, 0.717) is 35.3 Å². The summed E-state index contributed by atoms with van der Waals surface area (Å²) in [6, 6.07) is 11.5. The van der Waals surface area contributed by atoms with Crippen molar-refractivity contribution in [2.24, 2.45) is 11.8 Å². The van der Waals surface area contributed by atoms with E-state index in [2.05, 4.69) is 15.5 Å². The second-order valence-corrected chi connectivity index (χ2v) is 10.4. The first-order valence-electron chi connectivity index (χ1n) is 12.4. The number of carbonyl (C=O) groups excluding carboxylic acids is 2. The van der Waals surface area contributed by atoms with Gasteiger partial charge in [0.15, 0.2) is 0 Å². The van der Waals surface area contributed by atoms with Crippen LogP contribution in [-0.4, -0.2) is 49.3 Å². The molecule has 1 aliphatic carbocycles. The Balaban J connectivity index is 1.25. The summed E-state index contributed by atoms with van der Waals surface area (Å²) in [7, 11) is 1.56. The number of nitrogens with zero attached hydrogens (tertiary/aromatic N) is 1. The van der Waals surface area contributed by atoms with Crippen LogP contribution in [0, 0.1) is 11.8 Å². The van der Waals surface area contributed by atoms with E-state index in [1.54, 1.807) is 13.1 Å². The maximum atomic E-state index is 13.7. The number of aliphatic hydroxyl groups is 1. The number of carbonyl (C=O) groups is 2. The van der Waals surface area contributed by atoms with Crippen LogP contribution in [0.1, 0.15) is 48.0 Å². The highest BCUT2D eigenvalue weighted by atomic mass is 35.5. The molecular weight excluding hydrogens is 507 g/mol. The van der Waals surface area contributed by atoms with Crippen LogP contribution in [-0.2, 0) is 10.4 Å². The predicted octanol–water partition coefficient (Wildman–Crippen LogP) is 4.65. The van der Waals surface area contributed by atoms with Crippen LogP contribution in [0.15, 0.2) is 48.5 Å². The Kier molecular flexibility index (Phi) is 8.04. The Morgan fingerprint density at radius 3 is 2.27 bits per heavy atom. The third-order valence-corrected chi connectivity index (χ3v) is 7.88. The first-order valence-corrected chi connectivity index (χ1v) is 12.8. The number of rotatable bonds is 7. The van der Waals surface area contributed by atoms with Gasteiger partial charge in [-0.2, -0.15) is 13.2 Å². The van der Waals surface area contributed by atoms with E-state index in [1.807, 2.05) is 12.1 Å². The lowest BCUT2D eigenvalue weighted by Crippen LogP contribution is -2.58. The Hall–Kier alpha value is -2.78. The number of hydrogen-bond acceptors (Lipinski definition) is 4. The van der Waals surface area contributed by atoms with Gasteiger partial charge in [-0.3, -0.25) is 9.59 Å². The monoisotopic (exact) mass is 537 g/mol. The highest BCUT2D eigenvalue weighted by molar-refractivity contribution is 6.34. The van der Waals surface area contributed by atoms with E-state index in [9.17, 15) is 27.9 Å². The van der Waals surface area contributed by atoms with Crippen LogP contribution in [0.2, 0.25) is 5.02 Å². The summed E-state index contributed by atoms with van der Waals surface area (Å²) in [6.45, 7) is 1.70. The first kappa shape index (κ1) is 27.3. The molecule has 1 unspecified atom stereocenters. The van der Waals surface area contributed by atoms with Gasteiger partial charge in [-0.15, -0.1) is 0 Å². The van der Waals surface area contributed by atoms with Gasteiger partial charge in [0.1, 0.15) is 0 Å². The third-order valence-electron chi connectivity index (χ3n) is 7.57. The first-order chi connectivity index (χ1) is 17.5. The zero-order chi connectivity index (χ0) is 26.8. The Morgan fingerprint density at radius 1 is 1.05 bits per heavy atom. The zero-order valence-corrected chi connectivity index (χ0v) is 21.3. The number of hydrogen-bond donors (Lipinski definition) is 3. The van der Waals surface area contributed by atoms with E-state index >= 15 is 0 Å². The van der Waals surface area contributed by atoms with Gasteiger partial charge in [0.2, 0.25) is 0 Å². The highest BCUT2D eigenvalue weighted by Crippen LogP contribution is 2.41. The summed E-state index contributed by atoms with van der Waals surface area (Å²) < 4.78 is 41.1. The third kappa shape index (κ3) is 5.72. The average molecular weight is 538 g/mol. The molecule has 2 aromatic carbocycles. The fourth-order valence-corrected chi connectivity index (χ4v) is 5.62. The summed E-state index contributed by atoms with van der Waals surface area (Å²) >= 11 is 6.29. The standard InChI is InChI=1S/C27H31ClF3N3O3/c1-32-24(35)22-8-7-21(16-23(22)28)34-11-9-17(10-12-34)13-18-14-20(15-18)33-25(36)26(37,27(29,30)31)19-5-3-2-4-6-19/h2-8,16-18,20,37H,9-15H2,1H3,(H,32,35)(H,33,36). The molecule has 37 heavy (non-hydrogen) atoms. The maximum absolute atomic E-state index is 13.7. The van der Waals surface area contributed by atoms with Gasteiger partial charge in [-0.05, 0) is 62.1 Å². The smallest absolute Gasteiger partial charge is 0.371 e. The number of nitrogens with one attached hydrogen (secondary N) is 2. The van der Waals surface area contributed by atoms with E-state index in [0.717, 1.165) is 50.2 Å². The number of benzene rings is 2. The fourth-order valence-electron chi connectivity index (χ4n) is 5.36. The van der Waals surface area contributed by atoms with Gasteiger partial charge in [-0.25, -0.2) is 0 Å². The summed E-state index contributed by atoms with van der Waals surface area (Å²) in [5.74, 6) is -0.828. The number of amides is 2. The number of piperidine rings is 1. The van der Waals surface area contributed by atoms with E-state index < -0.39 is 23.2 Å². The molecule has 4 rings (SSSR count). The van der Waals surface area contributed by atoms with E-state index in [-0.39, 0.29) is 11.9 Å². The van der Waals surface area contributed by atoms with Crippen LogP contribution in [0.3, 0.4) is 0 Å². The largest absolute Gasteiger partial charge is 0.430 e. The Bertz CT molecular complexity index is 1120. The van der Waals surface area contributed by atoms with Crippen molar-refractivity contribution in [3.05, 3.63) is 64.7 Å². The summed E-state index contributed by atoms with van der Waals surface area (Å²) in [5.41, 5.74) is -2.66. The van der Waals surface area contributed by atoms with Crippen LogP contribution in [0.5, 0.6) is 0 Å². The van der Waals surface area contributed by atoms with Gasteiger partial charge in [0.05, 0.1) is 10.6 Å². The van der Waals surface area contributed by atoms with Crippen LogP contribution in [0.25, 0.3) is 0 Å².